The third kappa shape index (κ3) is 5.21. The highest BCUT2D eigenvalue weighted by atomic mass is 35.5. The molecule has 222 valence electrons. The van der Waals surface area contributed by atoms with Gasteiger partial charge in [-0.3, -0.25) is 14.0 Å². The van der Waals surface area contributed by atoms with E-state index in [4.69, 9.17) is 17.3 Å². The number of rotatable bonds is 7. The summed E-state index contributed by atoms with van der Waals surface area (Å²) in [5.74, 6) is 0.0817. The van der Waals surface area contributed by atoms with Crippen LogP contribution < -0.4 is 21.9 Å². The fraction of sp³-hybridized carbons (Fsp3) is 0.250. The summed E-state index contributed by atoms with van der Waals surface area (Å²) in [7, 11) is 0. The Balaban J connectivity index is 1.17. The normalized spacial score (nSPS) is 17.7. The van der Waals surface area contributed by atoms with Gasteiger partial charge in [0.2, 0.25) is 5.91 Å². The third-order valence-corrected chi connectivity index (χ3v) is 9.49. The molecule has 4 N–H and O–H groups in total. The van der Waals surface area contributed by atoms with Crippen LogP contribution in [0.25, 0.3) is 39.0 Å². The van der Waals surface area contributed by atoms with Crippen LogP contribution in [0.4, 0.5) is 0 Å². The van der Waals surface area contributed by atoms with Crippen molar-refractivity contribution in [3.8, 4) is 33.4 Å². The van der Waals surface area contributed by atoms with Gasteiger partial charge in [0.25, 0.3) is 5.56 Å². The van der Waals surface area contributed by atoms with Gasteiger partial charge < -0.3 is 16.4 Å². The molecule has 0 bridgehead atoms. The van der Waals surface area contributed by atoms with Crippen molar-refractivity contribution in [2.45, 2.75) is 51.2 Å². The van der Waals surface area contributed by atoms with Crippen LogP contribution in [0.3, 0.4) is 0 Å². The highest BCUT2D eigenvalue weighted by Gasteiger charge is 2.22. The molecule has 7 nitrogen and oxygen atoms in total. The highest BCUT2D eigenvalue weighted by molar-refractivity contribution is 6.36. The Hall–Kier alpha value is -4.30. The Labute approximate surface area is 261 Å². The molecule has 2 aromatic heterocycles. The first-order valence-electron chi connectivity index (χ1n) is 15.2. The summed E-state index contributed by atoms with van der Waals surface area (Å²) >= 11 is 7.12. The topological polar surface area (TPSA) is 102 Å². The number of halogens is 1. The summed E-state index contributed by atoms with van der Waals surface area (Å²) in [5.41, 5.74) is 17.1. The minimum absolute atomic E-state index is 0.0817. The number of nitrogens with one attached hydrogen (secondary N) is 2. The fourth-order valence-corrected chi connectivity index (χ4v) is 6.97. The molecular weight excluding hydrogens is 570 g/mol. The van der Waals surface area contributed by atoms with Gasteiger partial charge in [-0.15, -0.1) is 0 Å². The number of carbonyl (C=O) groups is 1. The van der Waals surface area contributed by atoms with Gasteiger partial charge in [0.05, 0.1) is 5.02 Å². The molecule has 5 aromatic rings. The quantitative estimate of drug-likeness (QED) is 0.213. The lowest BCUT2D eigenvalue weighted by atomic mass is 9.91. The second-order valence-electron chi connectivity index (χ2n) is 11.9. The van der Waals surface area contributed by atoms with Crippen LogP contribution in [0.2, 0.25) is 5.02 Å². The van der Waals surface area contributed by atoms with Gasteiger partial charge in [0, 0.05) is 60.7 Å². The summed E-state index contributed by atoms with van der Waals surface area (Å²) in [6, 6.07) is 23.1. The zero-order chi connectivity index (χ0) is 30.4. The molecule has 3 heterocycles. The predicted molar refractivity (Wildman–Crippen MR) is 176 cm³/mol. The molecule has 3 aromatic carbocycles. The van der Waals surface area contributed by atoms with Crippen molar-refractivity contribution in [3.05, 3.63) is 117 Å². The van der Waals surface area contributed by atoms with Gasteiger partial charge >= 0.3 is 0 Å². The molecule has 2 atom stereocenters. The average molecular weight is 604 g/mol. The molecule has 0 radical (unpaired) electrons. The third-order valence-electron chi connectivity index (χ3n) is 9.08. The summed E-state index contributed by atoms with van der Waals surface area (Å²) in [4.78, 5) is 29.3. The number of hydrogen-bond acceptors (Lipinski definition) is 5. The maximum Gasteiger partial charge on any atom is 0.262 e. The zero-order valence-corrected chi connectivity index (χ0v) is 25.3. The van der Waals surface area contributed by atoms with Crippen LogP contribution in [0.15, 0.2) is 83.9 Å². The first-order chi connectivity index (χ1) is 21.4. The Morgan fingerprint density at radius 2 is 1.73 bits per heavy atom. The molecule has 44 heavy (non-hydrogen) atoms. The molecule has 2 aliphatic rings. The van der Waals surface area contributed by atoms with Crippen molar-refractivity contribution >= 4 is 23.2 Å². The van der Waals surface area contributed by atoms with E-state index in [1.165, 1.54) is 11.1 Å². The summed E-state index contributed by atoms with van der Waals surface area (Å²) in [5, 5.41) is 6.94. The van der Waals surface area contributed by atoms with Gasteiger partial charge in [-0.05, 0) is 77.3 Å². The Bertz CT molecular complexity index is 1980. The lowest BCUT2D eigenvalue weighted by Gasteiger charge is -2.16. The number of hydrogen-bond donors (Lipinski definition) is 3. The summed E-state index contributed by atoms with van der Waals surface area (Å²) in [6.07, 6.45) is 6.78. The molecule has 0 saturated carbocycles. The maximum atomic E-state index is 13.2. The molecule has 7 rings (SSSR count). The Morgan fingerprint density at radius 1 is 0.955 bits per heavy atom. The van der Waals surface area contributed by atoms with Gasteiger partial charge in [-0.25, -0.2) is 4.98 Å². The van der Waals surface area contributed by atoms with E-state index in [1.54, 1.807) is 16.8 Å². The lowest BCUT2D eigenvalue weighted by molar-refractivity contribution is -0.119. The van der Waals surface area contributed by atoms with Crippen molar-refractivity contribution in [1.82, 2.24) is 20.0 Å². The molecule has 1 amide bonds. The van der Waals surface area contributed by atoms with E-state index in [1.807, 2.05) is 18.2 Å². The monoisotopic (exact) mass is 603 g/mol. The number of pyridine rings is 1. The van der Waals surface area contributed by atoms with E-state index >= 15 is 0 Å². The van der Waals surface area contributed by atoms with Crippen LogP contribution in [0, 0.1) is 6.92 Å². The number of carbonyl (C=O) groups excluding carboxylic acids is 1. The van der Waals surface area contributed by atoms with E-state index in [0.29, 0.717) is 30.7 Å². The SMILES string of the molecule is Cc1c(-c2ccn3c(=O)c(CNCC4CCC(=O)N4)cnc3c2)cccc1-c1cccc(-c2ccc3c(c2)CCC3N)c1Cl. The Morgan fingerprint density at radius 3 is 2.55 bits per heavy atom. The van der Waals surface area contributed by atoms with Crippen molar-refractivity contribution in [2.75, 3.05) is 6.54 Å². The summed E-state index contributed by atoms with van der Waals surface area (Å²) in [6.45, 7) is 3.12. The van der Waals surface area contributed by atoms with E-state index in [9.17, 15) is 9.59 Å². The second kappa shape index (κ2) is 11.7. The van der Waals surface area contributed by atoms with Gasteiger partial charge in [-0.2, -0.15) is 0 Å². The van der Waals surface area contributed by atoms with Crippen molar-refractivity contribution in [2.24, 2.45) is 5.73 Å². The predicted octanol–water partition coefficient (Wildman–Crippen LogP) is 5.97. The van der Waals surface area contributed by atoms with Crippen molar-refractivity contribution in [1.29, 1.82) is 0 Å². The molecule has 1 fully saturated rings. The zero-order valence-electron chi connectivity index (χ0n) is 24.6. The smallest absolute Gasteiger partial charge is 0.262 e. The van der Waals surface area contributed by atoms with Crippen molar-refractivity contribution < 1.29 is 4.79 Å². The van der Waals surface area contributed by atoms with Gasteiger partial charge in [0.1, 0.15) is 5.65 Å². The molecular formula is C36H34ClN5O2. The van der Waals surface area contributed by atoms with Crippen LogP contribution in [-0.4, -0.2) is 27.9 Å². The van der Waals surface area contributed by atoms with E-state index in [2.05, 4.69) is 71.1 Å². The lowest BCUT2D eigenvalue weighted by Crippen LogP contribution is -2.36. The number of amides is 1. The van der Waals surface area contributed by atoms with Crippen molar-refractivity contribution in [3.63, 3.8) is 0 Å². The standard InChI is InChI=1S/C36H34ClN5O2/c1-21-27(24-14-15-42-33(17-24)40-19-25(36(42)44)18-39-20-26-10-13-34(43)41-26)4-2-5-28(21)31-7-3-6-30(35(31)37)23-8-11-29-22(16-23)9-12-32(29)38/h2-8,11,14-17,19,26,32,39H,9-10,12-13,18,20,38H2,1H3,(H,41,43). The first-order valence-corrected chi connectivity index (χ1v) is 15.5. The number of aromatic nitrogens is 2. The number of nitrogens with two attached hydrogens (primary N) is 1. The van der Waals surface area contributed by atoms with Gasteiger partial charge in [0.15, 0.2) is 0 Å². The maximum absolute atomic E-state index is 13.2. The average Bonchev–Trinajstić information content (AvgIpc) is 3.62. The van der Waals surface area contributed by atoms with Crippen LogP contribution in [0.5, 0.6) is 0 Å². The molecule has 1 aliphatic heterocycles. The number of nitrogens with zero attached hydrogens (tertiary/aromatic N) is 2. The summed E-state index contributed by atoms with van der Waals surface area (Å²) < 4.78 is 1.58. The van der Waals surface area contributed by atoms with Gasteiger partial charge in [-0.1, -0.05) is 66.2 Å². The van der Waals surface area contributed by atoms with Crippen LogP contribution >= 0.6 is 11.6 Å². The molecule has 1 saturated heterocycles. The highest BCUT2D eigenvalue weighted by Crippen LogP contribution is 2.41. The minimum Gasteiger partial charge on any atom is -0.352 e. The second-order valence-corrected chi connectivity index (χ2v) is 12.2. The fourth-order valence-electron chi connectivity index (χ4n) is 6.63. The number of fused-ring (bicyclic) bond motifs is 2. The minimum atomic E-state index is -0.105. The van der Waals surface area contributed by atoms with E-state index < -0.39 is 0 Å². The first kappa shape index (κ1) is 28.5. The molecule has 0 spiro atoms. The molecule has 8 heteroatoms. The van der Waals surface area contributed by atoms with E-state index in [-0.39, 0.29) is 23.6 Å². The largest absolute Gasteiger partial charge is 0.352 e. The molecule has 1 aliphatic carbocycles. The van der Waals surface area contributed by atoms with E-state index in [0.717, 1.165) is 63.2 Å². The molecule has 2 unspecified atom stereocenters. The number of benzene rings is 3. The Kier molecular flexibility index (Phi) is 7.54. The van der Waals surface area contributed by atoms with Crippen LogP contribution in [0.1, 0.15) is 47.6 Å². The van der Waals surface area contributed by atoms with Crippen LogP contribution in [-0.2, 0) is 17.8 Å². The number of aryl methyl sites for hydroxylation is 1.